The Morgan fingerprint density at radius 2 is 2.07 bits per heavy atom. The third-order valence-corrected chi connectivity index (χ3v) is 5.20. The lowest BCUT2D eigenvalue weighted by atomic mass is 9.94. The van der Waals surface area contributed by atoms with Crippen molar-refractivity contribution in [2.45, 2.75) is 52.1 Å². The summed E-state index contributed by atoms with van der Waals surface area (Å²) in [5, 5.41) is 0. The number of carbonyl (C=O) groups is 1. The second-order valence-corrected chi connectivity index (χ2v) is 7.10. The number of aromatic nitrogens is 2. The summed E-state index contributed by atoms with van der Waals surface area (Å²) in [5.41, 5.74) is 2.36. The zero-order valence-electron chi connectivity index (χ0n) is 16.3. The number of likely N-dealkylation sites (tertiary alicyclic amines) is 1. The van der Waals surface area contributed by atoms with Gasteiger partial charge < -0.3 is 9.64 Å². The van der Waals surface area contributed by atoms with E-state index in [1.54, 1.807) is 18.6 Å². The maximum Gasteiger partial charge on any atom is 0.347 e. The van der Waals surface area contributed by atoms with Crippen LogP contribution in [0.25, 0.3) is 0 Å². The number of hydrogen-bond acceptors (Lipinski definition) is 4. The first-order valence-electron chi connectivity index (χ1n) is 9.48. The number of piperidine rings is 1. The van der Waals surface area contributed by atoms with Crippen LogP contribution >= 0.6 is 0 Å². The lowest BCUT2D eigenvalue weighted by Gasteiger charge is -2.36. The third-order valence-electron chi connectivity index (χ3n) is 5.20. The maximum atomic E-state index is 13.0. The van der Waals surface area contributed by atoms with Crippen molar-refractivity contribution in [1.82, 2.24) is 14.5 Å². The monoisotopic (exact) mass is 369 g/mol. The SMILES string of the molecule is COc1cccc([C@H]2CCCCN2C(=O)CCn2c(C)cc(C)nc2=O)c1. The van der Waals surface area contributed by atoms with Gasteiger partial charge in [0.1, 0.15) is 5.75 Å². The van der Waals surface area contributed by atoms with Gasteiger partial charge in [-0.05, 0) is 56.9 Å². The largest absolute Gasteiger partial charge is 0.497 e. The fraction of sp³-hybridized carbons (Fsp3) is 0.476. The highest BCUT2D eigenvalue weighted by atomic mass is 16.5. The number of hydrogen-bond donors (Lipinski definition) is 0. The molecule has 6 nitrogen and oxygen atoms in total. The van der Waals surface area contributed by atoms with Crippen LogP contribution in [-0.2, 0) is 11.3 Å². The van der Waals surface area contributed by atoms with E-state index in [4.69, 9.17) is 4.74 Å². The number of aryl methyl sites for hydroxylation is 2. The minimum absolute atomic E-state index is 0.0651. The zero-order valence-corrected chi connectivity index (χ0v) is 16.3. The van der Waals surface area contributed by atoms with E-state index >= 15 is 0 Å². The molecule has 1 aromatic carbocycles. The van der Waals surface area contributed by atoms with Crippen molar-refractivity contribution in [3.05, 3.63) is 57.8 Å². The van der Waals surface area contributed by atoms with E-state index in [1.165, 1.54) is 0 Å². The van der Waals surface area contributed by atoms with Crippen LogP contribution in [0.3, 0.4) is 0 Å². The Hall–Kier alpha value is -2.63. The van der Waals surface area contributed by atoms with Gasteiger partial charge in [0, 0.05) is 30.9 Å². The van der Waals surface area contributed by atoms with E-state index < -0.39 is 0 Å². The summed E-state index contributed by atoms with van der Waals surface area (Å²) in [6.07, 6.45) is 3.36. The predicted octanol–water partition coefficient (Wildman–Crippen LogP) is 3.01. The number of rotatable bonds is 5. The van der Waals surface area contributed by atoms with Crippen molar-refractivity contribution in [2.75, 3.05) is 13.7 Å². The molecule has 1 aromatic heterocycles. The standard InChI is InChI=1S/C21H27N3O3/c1-15-13-16(2)23(21(26)22-15)12-10-20(25)24-11-5-4-9-19(24)17-7-6-8-18(14-17)27-3/h6-8,13-14,19H,4-5,9-12H2,1-3H3/t19-/m1/s1. The Labute approximate surface area is 159 Å². The van der Waals surface area contributed by atoms with E-state index in [9.17, 15) is 9.59 Å². The van der Waals surface area contributed by atoms with Crippen LogP contribution in [0.5, 0.6) is 5.75 Å². The first-order valence-corrected chi connectivity index (χ1v) is 9.48. The van der Waals surface area contributed by atoms with Gasteiger partial charge in [-0.2, -0.15) is 4.98 Å². The minimum atomic E-state index is -0.289. The first-order chi connectivity index (χ1) is 13.0. The molecule has 1 aliphatic heterocycles. The second-order valence-electron chi connectivity index (χ2n) is 7.10. The summed E-state index contributed by atoms with van der Waals surface area (Å²) in [7, 11) is 1.65. The molecular weight excluding hydrogens is 342 g/mol. The molecular formula is C21H27N3O3. The van der Waals surface area contributed by atoms with Gasteiger partial charge in [-0.25, -0.2) is 4.79 Å². The molecule has 3 rings (SSSR count). The quantitative estimate of drug-likeness (QED) is 0.813. The summed E-state index contributed by atoms with van der Waals surface area (Å²) in [4.78, 5) is 31.0. The van der Waals surface area contributed by atoms with Crippen LogP contribution in [0.15, 0.2) is 35.1 Å². The molecule has 0 saturated carbocycles. The number of nitrogens with zero attached hydrogens (tertiary/aromatic N) is 3. The van der Waals surface area contributed by atoms with E-state index in [0.717, 1.165) is 42.8 Å². The fourth-order valence-electron chi connectivity index (χ4n) is 3.82. The summed E-state index contributed by atoms with van der Waals surface area (Å²) in [5.74, 6) is 0.882. The molecule has 0 unspecified atom stereocenters. The van der Waals surface area contributed by atoms with Crippen molar-refractivity contribution in [1.29, 1.82) is 0 Å². The normalized spacial score (nSPS) is 17.0. The Morgan fingerprint density at radius 3 is 2.81 bits per heavy atom. The van der Waals surface area contributed by atoms with E-state index in [1.807, 2.05) is 36.1 Å². The molecule has 0 radical (unpaired) electrons. The Morgan fingerprint density at radius 1 is 1.26 bits per heavy atom. The van der Waals surface area contributed by atoms with Gasteiger partial charge in [0.2, 0.25) is 5.91 Å². The van der Waals surface area contributed by atoms with Crippen LogP contribution in [0.1, 0.15) is 48.7 Å². The van der Waals surface area contributed by atoms with Crippen molar-refractivity contribution in [2.24, 2.45) is 0 Å². The second kappa shape index (κ2) is 8.37. The summed E-state index contributed by atoms with van der Waals surface area (Å²) < 4.78 is 6.91. The molecule has 0 bridgehead atoms. The van der Waals surface area contributed by atoms with Crippen LogP contribution in [-0.4, -0.2) is 34.0 Å². The average molecular weight is 369 g/mol. The topological polar surface area (TPSA) is 64.4 Å². The number of carbonyl (C=O) groups excluding carboxylic acids is 1. The average Bonchev–Trinajstić information content (AvgIpc) is 2.67. The van der Waals surface area contributed by atoms with Crippen LogP contribution in [0.4, 0.5) is 0 Å². The minimum Gasteiger partial charge on any atom is -0.497 e. The molecule has 1 atom stereocenters. The first kappa shape index (κ1) is 19.1. The van der Waals surface area contributed by atoms with Crippen molar-refractivity contribution < 1.29 is 9.53 Å². The molecule has 1 fully saturated rings. The van der Waals surface area contributed by atoms with Gasteiger partial charge in [-0.1, -0.05) is 12.1 Å². The summed E-state index contributed by atoms with van der Waals surface area (Å²) in [6.45, 7) is 4.79. The summed E-state index contributed by atoms with van der Waals surface area (Å²) >= 11 is 0. The van der Waals surface area contributed by atoms with Gasteiger partial charge in [0.05, 0.1) is 13.2 Å². The fourth-order valence-corrected chi connectivity index (χ4v) is 3.82. The zero-order chi connectivity index (χ0) is 19.4. The Bertz CT molecular complexity index is 875. The highest BCUT2D eigenvalue weighted by Gasteiger charge is 2.28. The summed E-state index contributed by atoms with van der Waals surface area (Å²) in [6, 6.07) is 9.87. The highest BCUT2D eigenvalue weighted by Crippen LogP contribution is 2.33. The predicted molar refractivity (Wildman–Crippen MR) is 104 cm³/mol. The third kappa shape index (κ3) is 4.38. The smallest absolute Gasteiger partial charge is 0.347 e. The van der Waals surface area contributed by atoms with Crippen molar-refractivity contribution in [3.8, 4) is 5.75 Å². The molecule has 6 heteroatoms. The van der Waals surface area contributed by atoms with Crippen molar-refractivity contribution in [3.63, 3.8) is 0 Å². The van der Waals surface area contributed by atoms with E-state index in [2.05, 4.69) is 11.1 Å². The number of amides is 1. The lowest BCUT2D eigenvalue weighted by Crippen LogP contribution is -2.39. The molecule has 2 aromatic rings. The molecule has 0 aliphatic carbocycles. The van der Waals surface area contributed by atoms with Crippen LogP contribution < -0.4 is 10.4 Å². The molecule has 2 heterocycles. The molecule has 1 amide bonds. The molecule has 27 heavy (non-hydrogen) atoms. The number of methoxy groups -OCH3 is 1. The molecule has 0 spiro atoms. The maximum absolute atomic E-state index is 13.0. The van der Waals surface area contributed by atoms with Gasteiger partial charge in [0.25, 0.3) is 0 Å². The van der Waals surface area contributed by atoms with Crippen LogP contribution in [0, 0.1) is 13.8 Å². The number of benzene rings is 1. The van der Waals surface area contributed by atoms with Gasteiger partial charge in [-0.15, -0.1) is 0 Å². The van der Waals surface area contributed by atoms with Crippen molar-refractivity contribution >= 4 is 5.91 Å². The highest BCUT2D eigenvalue weighted by molar-refractivity contribution is 5.76. The lowest BCUT2D eigenvalue weighted by molar-refractivity contribution is -0.135. The van der Waals surface area contributed by atoms with E-state index in [0.29, 0.717) is 18.7 Å². The van der Waals surface area contributed by atoms with Gasteiger partial charge >= 0.3 is 5.69 Å². The molecule has 1 saturated heterocycles. The van der Waals surface area contributed by atoms with Gasteiger partial charge in [-0.3, -0.25) is 9.36 Å². The van der Waals surface area contributed by atoms with Crippen LogP contribution in [0.2, 0.25) is 0 Å². The van der Waals surface area contributed by atoms with E-state index in [-0.39, 0.29) is 17.6 Å². The molecule has 1 aliphatic rings. The Kier molecular flexibility index (Phi) is 5.94. The Balaban J connectivity index is 1.75. The molecule has 144 valence electrons. The number of ether oxygens (including phenoxy) is 1. The van der Waals surface area contributed by atoms with Gasteiger partial charge in [0.15, 0.2) is 0 Å². The molecule has 0 N–H and O–H groups in total.